The predicted octanol–water partition coefficient (Wildman–Crippen LogP) is 3.88. The summed E-state index contributed by atoms with van der Waals surface area (Å²) in [4.78, 5) is 31.5. The molecule has 1 saturated heterocycles. The van der Waals surface area contributed by atoms with Crippen LogP contribution in [0, 0.1) is 5.82 Å². The summed E-state index contributed by atoms with van der Waals surface area (Å²) in [6.07, 6.45) is 0.659. The first-order valence-electron chi connectivity index (χ1n) is 12.5. The van der Waals surface area contributed by atoms with Crippen LogP contribution in [0.25, 0.3) is 11.3 Å². The minimum atomic E-state index is -0.582. The maximum absolute atomic E-state index is 14.3. The number of anilines is 1. The van der Waals surface area contributed by atoms with Gasteiger partial charge in [-0.3, -0.25) is 9.59 Å². The number of hydrogen-bond acceptors (Lipinski definition) is 6. The average Bonchev–Trinajstić information content (AvgIpc) is 2.95. The number of rotatable bonds is 8. The summed E-state index contributed by atoms with van der Waals surface area (Å²) in [5, 5.41) is 8.76. The molecule has 1 aromatic heterocycles. The number of piperazine rings is 1. The minimum absolute atomic E-state index is 0.0166. The van der Waals surface area contributed by atoms with Crippen molar-refractivity contribution >= 4 is 17.6 Å². The lowest BCUT2D eigenvalue weighted by Crippen LogP contribution is -2.53. The summed E-state index contributed by atoms with van der Waals surface area (Å²) in [6, 6.07) is 17.2. The number of carbonyl (C=O) groups is 2. The van der Waals surface area contributed by atoms with Crippen molar-refractivity contribution in [2.75, 3.05) is 44.7 Å². The van der Waals surface area contributed by atoms with E-state index in [1.807, 2.05) is 50.2 Å². The van der Waals surface area contributed by atoms with Crippen molar-refractivity contribution in [1.82, 2.24) is 20.0 Å². The van der Waals surface area contributed by atoms with Gasteiger partial charge in [0.25, 0.3) is 5.91 Å². The fourth-order valence-corrected chi connectivity index (χ4v) is 4.28. The molecular formula is C28H32FN5O3. The van der Waals surface area contributed by atoms with Crippen molar-refractivity contribution in [3.8, 4) is 17.0 Å². The fraction of sp³-hybridized carbons (Fsp3) is 0.357. The molecule has 1 aliphatic heterocycles. The molecule has 1 atom stereocenters. The van der Waals surface area contributed by atoms with Crippen LogP contribution in [0.15, 0.2) is 60.7 Å². The molecule has 194 valence electrons. The lowest BCUT2D eigenvalue weighted by molar-refractivity contribution is -0.132. The van der Waals surface area contributed by atoms with Crippen molar-refractivity contribution in [2.24, 2.45) is 0 Å². The van der Waals surface area contributed by atoms with Crippen LogP contribution in [0.3, 0.4) is 0 Å². The van der Waals surface area contributed by atoms with Crippen LogP contribution in [-0.4, -0.2) is 77.7 Å². The zero-order valence-electron chi connectivity index (χ0n) is 21.4. The van der Waals surface area contributed by atoms with Crippen LogP contribution in [0.5, 0.6) is 5.75 Å². The molecule has 8 nitrogen and oxygen atoms in total. The maximum atomic E-state index is 14.3. The quantitative estimate of drug-likeness (QED) is 0.462. The van der Waals surface area contributed by atoms with Gasteiger partial charge in [0.15, 0.2) is 5.82 Å². The molecule has 0 spiro atoms. The first-order valence-corrected chi connectivity index (χ1v) is 12.5. The van der Waals surface area contributed by atoms with Gasteiger partial charge in [-0.15, -0.1) is 10.2 Å². The summed E-state index contributed by atoms with van der Waals surface area (Å²) < 4.78 is 19.5. The first-order chi connectivity index (χ1) is 17.9. The van der Waals surface area contributed by atoms with Crippen LogP contribution in [0.2, 0.25) is 0 Å². The number of ether oxygens (including phenoxy) is 1. The van der Waals surface area contributed by atoms with Gasteiger partial charge in [0.1, 0.15) is 18.1 Å². The number of methoxy groups -OCH3 is 1. The third-order valence-electron chi connectivity index (χ3n) is 6.79. The van der Waals surface area contributed by atoms with Crippen LogP contribution < -0.4 is 9.64 Å². The SMILES string of the molecule is CC[C@H](C)N(CC(=O)N1CCN(c2ccc(-c3ccc(OC)cc3)nn2)CC1)C(=O)c1ccccc1F. The molecule has 4 rings (SSSR count). The first kappa shape index (κ1) is 26.1. The second kappa shape index (κ2) is 11.8. The Morgan fingerprint density at radius 1 is 1.00 bits per heavy atom. The molecule has 1 fully saturated rings. The van der Waals surface area contributed by atoms with Gasteiger partial charge < -0.3 is 19.4 Å². The molecule has 0 unspecified atom stereocenters. The summed E-state index contributed by atoms with van der Waals surface area (Å²) in [5.41, 5.74) is 1.70. The third-order valence-corrected chi connectivity index (χ3v) is 6.79. The molecule has 0 bridgehead atoms. The Labute approximate surface area is 216 Å². The van der Waals surface area contributed by atoms with E-state index in [9.17, 15) is 14.0 Å². The zero-order chi connectivity index (χ0) is 26.4. The van der Waals surface area contributed by atoms with E-state index in [0.717, 1.165) is 22.8 Å². The van der Waals surface area contributed by atoms with Crippen LogP contribution in [0.1, 0.15) is 30.6 Å². The maximum Gasteiger partial charge on any atom is 0.257 e. The molecule has 2 aromatic carbocycles. The van der Waals surface area contributed by atoms with Gasteiger partial charge in [-0.25, -0.2) is 4.39 Å². The molecule has 0 saturated carbocycles. The number of nitrogens with zero attached hydrogens (tertiary/aromatic N) is 5. The fourth-order valence-electron chi connectivity index (χ4n) is 4.28. The number of carbonyl (C=O) groups excluding carboxylic acids is 2. The highest BCUT2D eigenvalue weighted by atomic mass is 19.1. The minimum Gasteiger partial charge on any atom is -0.497 e. The normalized spacial score (nSPS) is 14.3. The summed E-state index contributed by atoms with van der Waals surface area (Å²) in [5.74, 6) is 0.336. The van der Waals surface area contributed by atoms with Crippen molar-refractivity contribution < 1.29 is 18.7 Å². The second-order valence-corrected chi connectivity index (χ2v) is 9.04. The molecule has 9 heteroatoms. The van der Waals surface area contributed by atoms with Crippen LogP contribution in [0.4, 0.5) is 10.2 Å². The summed E-state index contributed by atoms with van der Waals surface area (Å²) in [7, 11) is 1.63. The molecule has 1 aliphatic rings. The Kier molecular flexibility index (Phi) is 8.32. The molecular weight excluding hydrogens is 473 g/mol. The Morgan fingerprint density at radius 3 is 2.30 bits per heavy atom. The molecule has 37 heavy (non-hydrogen) atoms. The van der Waals surface area contributed by atoms with E-state index >= 15 is 0 Å². The number of benzene rings is 2. The van der Waals surface area contributed by atoms with E-state index in [-0.39, 0.29) is 24.1 Å². The lowest BCUT2D eigenvalue weighted by atomic mass is 10.1. The van der Waals surface area contributed by atoms with Gasteiger partial charge in [0.05, 0.1) is 18.4 Å². The predicted molar refractivity (Wildman–Crippen MR) is 140 cm³/mol. The van der Waals surface area contributed by atoms with E-state index in [1.54, 1.807) is 24.1 Å². The van der Waals surface area contributed by atoms with Crippen LogP contribution >= 0.6 is 0 Å². The van der Waals surface area contributed by atoms with Gasteiger partial charge in [0.2, 0.25) is 5.91 Å². The molecule has 3 aromatic rings. The topological polar surface area (TPSA) is 78.9 Å². The van der Waals surface area contributed by atoms with Gasteiger partial charge in [-0.2, -0.15) is 0 Å². The van der Waals surface area contributed by atoms with E-state index in [4.69, 9.17) is 4.74 Å². The van der Waals surface area contributed by atoms with Crippen molar-refractivity contribution in [3.63, 3.8) is 0 Å². The number of amides is 2. The Balaban J connectivity index is 1.36. The highest BCUT2D eigenvalue weighted by Crippen LogP contribution is 2.22. The van der Waals surface area contributed by atoms with Crippen molar-refractivity contribution in [2.45, 2.75) is 26.3 Å². The van der Waals surface area contributed by atoms with Crippen molar-refractivity contribution in [3.05, 3.63) is 72.0 Å². The number of hydrogen-bond donors (Lipinski definition) is 0. The molecule has 2 amide bonds. The smallest absolute Gasteiger partial charge is 0.257 e. The van der Waals surface area contributed by atoms with E-state index in [1.165, 1.54) is 17.0 Å². The highest BCUT2D eigenvalue weighted by Gasteiger charge is 2.29. The second-order valence-electron chi connectivity index (χ2n) is 9.04. The van der Waals surface area contributed by atoms with Crippen molar-refractivity contribution in [1.29, 1.82) is 0 Å². The lowest BCUT2D eigenvalue weighted by Gasteiger charge is -2.37. The zero-order valence-corrected chi connectivity index (χ0v) is 21.4. The Bertz CT molecular complexity index is 1210. The average molecular weight is 506 g/mol. The summed E-state index contributed by atoms with van der Waals surface area (Å²) in [6.45, 7) is 5.94. The van der Waals surface area contributed by atoms with Gasteiger partial charge in [0, 0.05) is 37.8 Å². The monoisotopic (exact) mass is 505 g/mol. The largest absolute Gasteiger partial charge is 0.497 e. The third kappa shape index (κ3) is 6.04. The van der Waals surface area contributed by atoms with Gasteiger partial charge in [-0.05, 0) is 61.9 Å². The number of halogens is 1. The van der Waals surface area contributed by atoms with Gasteiger partial charge in [-0.1, -0.05) is 19.1 Å². The molecule has 0 radical (unpaired) electrons. The van der Waals surface area contributed by atoms with E-state index < -0.39 is 11.7 Å². The Morgan fingerprint density at radius 2 is 1.70 bits per heavy atom. The standard InChI is InChI=1S/C28H32FN5O3/c1-4-20(2)34(28(36)23-7-5-6-8-24(23)29)19-27(35)33-17-15-32(16-18-33)26-14-13-25(30-31-26)21-9-11-22(37-3)12-10-21/h5-14,20H,4,15-19H2,1-3H3/t20-/m0/s1. The molecule has 0 N–H and O–H groups in total. The highest BCUT2D eigenvalue weighted by molar-refractivity contribution is 5.97. The Hall–Kier alpha value is -4.01. The summed E-state index contributed by atoms with van der Waals surface area (Å²) >= 11 is 0. The van der Waals surface area contributed by atoms with E-state index in [0.29, 0.717) is 32.6 Å². The number of aromatic nitrogens is 2. The van der Waals surface area contributed by atoms with Crippen LogP contribution in [-0.2, 0) is 4.79 Å². The molecule has 0 aliphatic carbocycles. The van der Waals surface area contributed by atoms with Gasteiger partial charge >= 0.3 is 0 Å². The van der Waals surface area contributed by atoms with E-state index in [2.05, 4.69) is 15.1 Å². The molecule has 2 heterocycles.